The molecule has 0 saturated heterocycles. The molecule has 4 nitrogen and oxygen atoms in total. The van der Waals surface area contributed by atoms with Crippen LogP contribution in [0.2, 0.25) is 0 Å². The SMILES string of the molecule is CC1(C)C[C@H](O)C[C@@H](NC(=O)OC(C)(C)C)C1. The third-order valence-electron chi connectivity index (χ3n) is 2.86. The van der Waals surface area contributed by atoms with Crippen LogP contribution in [-0.2, 0) is 4.74 Å². The van der Waals surface area contributed by atoms with E-state index < -0.39 is 11.7 Å². The van der Waals surface area contributed by atoms with Crippen LogP contribution in [0.5, 0.6) is 0 Å². The van der Waals surface area contributed by atoms with Crippen molar-refractivity contribution in [3.05, 3.63) is 0 Å². The zero-order chi connectivity index (χ0) is 13.3. The molecule has 0 unspecified atom stereocenters. The Morgan fingerprint density at radius 3 is 2.41 bits per heavy atom. The van der Waals surface area contributed by atoms with Crippen molar-refractivity contribution in [3.63, 3.8) is 0 Å². The summed E-state index contributed by atoms with van der Waals surface area (Å²) in [5.41, 5.74) is -0.412. The van der Waals surface area contributed by atoms with Crippen molar-refractivity contribution in [1.82, 2.24) is 5.32 Å². The van der Waals surface area contributed by atoms with E-state index in [2.05, 4.69) is 19.2 Å². The Bertz CT molecular complexity index is 281. The lowest BCUT2D eigenvalue weighted by Crippen LogP contribution is -2.46. The normalized spacial score (nSPS) is 28.6. The summed E-state index contributed by atoms with van der Waals surface area (Å²) in [5, 5.41) is 12.6. The Morgan fingerprint density at radius 1 is 1.35 bits per heavy atom. The van der Waals surface area contributed by atoms with Gasteiger partial charge in [-0.3, -0.25) is 0 Å². The number of hydrogen-bond donors (Lipinski definition) is 2. The summed E-state index contributed by atoms with van der Waals surface area (Å²) in [6, 6.07) is 0.00333. The van der Waals surface area contributed by atoms with Crippen molar-refractivity contribution in [2.45, 2.75) is 71.6 Å². The Labute approximate surface area is 104 Å². The molecule has 0 aromatic rings. The predicted molar refractivity (Wildman–Crippen MR) is 66.8 cm³/mol. The van der Waals surface area contributed by atoms with Gasteiger partial charge in [-0.1, -0.05) is 13.8 Å². The molecule has 0 spiro atoms. The van der Waals surface area contributed by atoms with E-state index in [1.54, 1.807) is 0 Å². The highest BCUT2D eigenvalue weighted by atomic mass is 16.6. The van der Waals surface area contributed by atoms with Gasteiger partial charge in [-0.2, -0.15) is 0 Å². The molecule has 1 aliphatic rings. The first-order valence-corrected chi connectivity index (χ1v) is 6.25. The number of rotatable bonds is 1. The molecule has 0 heterocycles. The van der Waals surface area contributed by atoms with Gasteiger partial charge < -0.3 is 15.2 Å². The average molecular weight is 243 g/mol. The fourth-order valence-electron chi connectivity index (χ4n) is 2.47. The number of ether oxygens (including phenoxy) is 1. The van der Waals surface area contributed by atoms with Gasteiger partial charge in [0.1, 0.15) is 5.60 Å². The van der Waals surface area contributed by atoms with E-state index in [1.807, 2.05) is 20.8 Å². The Balaban J connectivity index is 2.49. The van der Waals surface area contributed by atoms with Crippen LogP contribution in [-0.4, -0.2) is 28.9 Å². The van der Waals surface area contributed by atoms with Crippen LogP contribution in [0.15, 0.2) is 0 Å². The van der Waals surface area contributed by atoms with E-state index in [1.165, 1.54) is 0 Å². The molecule has 1 fully saturated rings. The van der Waals surface area contributed by atoms with E-state index in [9.17, 15) is 9.90 Å². The molecular weight excluding hydrogens is 218 g/mol. The van der Waals surface area contributed by atoms with Gasteiger partial charge in [0.25, 0.3) is 0 Å². The quantitative estimate of drug-likeness (QED) is 0.743. The molecule has 0 aromatic carbocycles. The topological polar surface area (TPSA) is 58.6 Å². The van der Waals surface area contributed by atoms with Crippen molar-refractivity contribution in [3.8, 4) is 0 Å². The number of carbonyl (C=O) groups excluding carboxylic acids is 1. The minimum absolute atomic E-state index is 0.00333. The van der Waals surface area contributed by atoms with Crippen LogP contribution in [0, 0.1) is 5.41 Å². The van der Waals surface area contributed by atoms with Crippen LogP contribution < -0.4 is 5.32 Å². The largest absolute Gasteiger partial charge is 0.444 e. The molecule has 0 aliphatic heterocycles. The summed E-state index contributed by atoms with van der Waals surface area (Å²) in [6.45, 7) is 9.74. The first kappa shape index (κ1) is 14.3. The fourth-order valence-corrected chi connectivity index (χ4v) is 2.47. The molecule has 1 rings (SSSR count). The number of aliphatic hydroxyl groups excluding tert-OH is 1. The number of alkyl carbamates (subject to hydrolysis) is 1. The molecule has 1 aliphatic carbocycles. The molecule has 2 atom stereocenters. The highest BCUT2D eigenvalue weighted by Gasteiger charge is 2.34. The van der Waals surface area contributed by atoms with Crippen LogP contribution in [0.4, 0.5) is 4.79 Å². The first-order chi connectivity index (χ1) is 7.57. The Hall–Kier alpha value is -0.770. The van der Waals surface area contributed by atoms with Gasteiger partial charge in [0, 0.05) is 6.04 Å². The number of aliphatic hydroxyl groups is 1. The maximum absolute atomic E-state index is 11.6. The number of carbonyl (C=O) groups is 1. The summed E-state index contributed by atoms with van der Waals surface area (Å²) < 4.78 is 5.21. The van der Waals surface area contributed by atoms with Crippen molar-refractivity contribution in [2.24, 2.45) is 5.41 Å². The van der Waals surface area contributed by atoms with Crippen molar-refractivity contribution < 1.29 is 14.6 Å². The summed E-state index contributed by atoms with van der Waals surface area (Å²) in [6.07, 6.45) is 1.55. The van der Waals surface area contributed by atoms with Crippen molar-refractivity contribution in [2.75, 3.05) is 0 Å². The van der Waals surface area contributed by atoms with Gasteiger partial charge in [-0.25, -0.2) is 4.79 Å². The molecule has 0 aromatic heterocycles. The molecular formula is C13H25NO3. The van der Waals surface area contributed by atoms with Gasteiger partial charge in [0.15, 0.2) is 0 Å². The van der Waals surface area contributed by atoms with E-state index in [0.29, 0.717) is 6.42 Å². The van der Waals surface area contributed by atoms with Gasteiger partial charge in [-0.15, -0.1) is 0 Å². The van der Waals surface area contributed by atoms with Crippen molar-refractivity contribution >= 4 is 6.09 Å². The van der Waals surface area contributed by atoms with Crippen molar-refractivity contribution in [1.29, 1.82) is 0 Å². The lowest BCUT2D eigenvalue weighted by atomic mass is 9.74. The zero-order valence-electron chi connectivity index (χ0n) is 11.5. The summed E-state index contributed by atoms with van der Waals surface area (Å²) in [4.78, 5) is 11.6. The second-order valence-corrected chi connectivity index (χ2v) is 6.81. The number of hydrogen-bond acceptors (Lipinski definition) is 3. The van der Waals surface area contributed by atoms with Gasteiger partial charge in [0.05, 0.1) is 6.10 Å². The monoisotopic (exact) mass is 243 g/mol. The second kappa shape index (κ2) is 4.84. The Kier molecular flexibility index (Phi) is 4.07. The number of amides is 1. The summed E-state index contributed by atoms with van der Waals surface area (Å²) in [5.74, 6) is 0. The van der Waals surface area contributed by atoms with E-state index in [4.69, 9.17) is 4.74 Å². The standard InChI is InChI=1S/C13H25NO3/c1-12(2,3)17-11(16)14-9-6-10(15)8-13(4,5)7-9/h9-10,15H,6-8H2,1-5H3,(H,14,16)/t9-,10-/m1/s1. The molecule has 0 bridgehead atoms. The van der Waals surface area contributed by atoms with Crippen LogP contribution in [0.3, 0.4) is 0 Å². The van der Waals surface area contributed by atoms with E-state index >= 15 is 0 Å². The third kappa shape index (κ3) is 5.39. The summed E-state index contributed by atoms with van der Waals surface area (Å²) >= 11 is 0. The maximum atomic E-state index is 11.6. The number of nitrogens with one attached hydrogen (secondary N) is 1. The minimum Gasteiger partial charge on any atom is -0.444 e. The van der Waals surface area contributed by atoms with Crippen LogP contribution >= 0.6 is 0 Å². The summed E-state index contributed by atoms with van der Waals surface area (Å²) in [7, 11) is 0. The smallest absolute Gasteiger partial charge is 0.407 e. The molecule has 100 valence electrons. The molecule has 0 radical (unpaired) electrons. The van der Waals surface area contributed by atoms with Crippen LogP contribution in [0.1, 0.15) is 53.9 Å². The lowest BCUT2D eigenvalue weighted by molar-refractivity contribution is 0.0285. The molecule has 1 saturated carbocycles. The van der Waals surface area contributed by atoms with Gasteiger partial charge in [-0.05, 0) is 45.4 Å². The Morgan fingerprint density at radius 2 is 1.94 bits per heavy atom. The van der Waals surface area contributed by atoms with E-state index in [-0.39, 0.29) is 17.6 Å². The lowest BCUT2D eigenvalue weighted by Gasteiger charge is -2.38. The average Bonchev–Trinajstić information content (AvgIpc) is 1.93. The fraction of sp³-hybridized carbons (Fsp3) is 0.923. The highest BCUT2D eigenvalue weighted by molar-refractivity contribution is 5.68. The molecule has 1 amide bonds. The second-order valence-electron chi connectivity index (χ2n) is 6.81. The van der Waals surface area contributed by atoms with E-state index in [0.717, 1.165) is 12.8 Å². The predicted octanol–water partition coefficient (Wildman–Crippen LogP) is 2.45. The molecule has 4 heteroatoms. The first-order valence-electron chi connectivity index (χ1n) is 6.25. The highest BCUT2D eigenvalue weighted by Crippen LogP contribution is 2.35. The van der Waals surface area contributed by atoms with Gasteiger partial charge >= 0.3 is 6.09 Å². The third-order valence-corrected chi connectivity index (χ3v) is 2.86. The zero-order valence-corrected chi connectivity index (χ0v) is 11.5. The maximum Gasteiger partial charge on any atom is 0.407 e. The molecule has 17 heavy (non-hydrogen) atoms. The minimum atomic E-state index is -0.479. The van der Waals surface area contributed by atoms with Crippen LogP contribution in [0.25, 0.3) is 0 Å². The molecule has 2 N–H and O–H groups in total. The van der Waals surface area contributed by atoms with Gasteiger partial charge in [0.2, 0.25) is 0 Å².